The van der Waals surface area contributed by atoms with Crippen LogP contribution in [0.5, 0.6) is 0 Å². The van der Waals surface area contributed by atoms with Crippen molar-refractivity contribution >= 4 is 16.9 Å². The van der Waals surface area contributed by atoms with E-state index in [1.165, 1.54) is 31.5 Å². The Morgan fingerprint density at radius 3 is 2.81 bits per heavy atom. The van der Waals surface area contributed by atoms with Crippen LogP contribution in [0.15, 0.2) is 43.1 Å². The third-order valence-corrected chi connectivity index (χ3v) is 6.15. The van der Waals surface area contributed by atoms with Crippen molar-refractivity contribution in [2.24, 2.45) is 11.8 Å². The molecule has 1 aliphatic carbocycles. The molecule has 0 aromatic carbocycles. The fourth-order valence-electron chi connectivity index (χ4n) is 4.87. The van der Waals surface area contributed by atoms with Crippen LogP contribution in [0.1, 0.15) is 18.4 Å². The van der Waals surface area contributed by atoms with Crippen molar-refractivity contribution in [2.45, 2.75) is 25.4 Å². The van der Waals surface area contributed by atoms with Crippen molar-refractivity contribution in [3.63, 3.8) is 0 Å². The molecule has 4 heterocycles. The Hall–Kier alpha value is -2.47. The lowest BCUT2D eigenvalue weighted by molar-refractivity contribution is 0.298. The van der Waals surface area contributed by atoms with Gasteiger partial charge in [-0.25, -0.2) is 9.97 Å². The first-order valence-electron chi connectivity index (χ1n) is 9.40. The van der Waals surface area contributed by atoms with Crippen LogP contribution in [0, 0.1) is 11.8 Å². The topological polar surface area (TPSA) is 60.9 Å². The lowest BCUT2D eigenvalue weighted by Gasteiger charge is -2.28. The fraction of sp³-hybridized carbons (Fsp3) is 0.450. The van der Waals surface area contributed by atoms with Gasteiger partial charge in [0.1, 0.15) is 17.8 Å². The Bertz CT molecular complexity index is 877. The van der Waals surface area contributed by atoms with Crippen LogP contribution >= 0.6 is 0 Å². The van der Waals surface area contributed by atoms with Crippen molar-refractivity contribution in [1.82, 2.24) is 24.8 Å². The highest BCUT2D eigenvalue weighted by Gasteiger charge is 2.42. The van der Waals surface area contributed by atoms with E-state index >= 15 is 0 Å². The molecule has 1 aliphatic heterocycles. The molecule has 0 unspecified atom stereocenters. The van der Waals surface area contributed by atoms with Crippen LogP contribution in [-0.2, 0) is 6.54 Å². The van der Waals surface area contributed by atoms with E-state index in [4.69, 9.17) is 0 Å². The minimum absolute atomic E-state index is 0.568. The normalized spacial score (nSPS) is 25.7. The Morgan fingerprint density at radius 2 is 2.04 bits per heavy atom. The second-order valence-corrected chi connectivity index (χ2v) is 7.75. The van der Waals surface area contributed by atoms with Gasteiger partial charge in [-0.15, -0.1) is 0 Å². The zero-order chi connectivity index (χ0) is 17.5. The Labute approximate surface area is 153 Å². The van der Waals surface area contributed by atoms with E-state index in [1.807, 2.05) is 24.7 Å². The first kappa shape index (κ1) is 15.8. The summed E-state index contributed by atoms with van der Waals surface area (Å²) in [7, 11) is 2.19. The summed E-state index contributed by atoms with van der Waals surface area (Å²) in [6.45, 7) is 3.43. The quantitative estimate of drug-likeness (QED) is 0.785. The van der Waals surface area contributed by atoms with E-state index in [-0.39, 0.29) is 0 Å². The second kappa shape index (κ2) is 6.36. The van der Waals surface area contributed by atoms with Crippen molar-refractivity contribution < 1.29 is 0 Å². The van der Waals surface area contributed by atoms with E-state index in [9.17, 15) is 0 Å². The molecule has 134 valence electrons. The number of likely N-dealkylation sites (tertiary alicyclic amines) is 1. The molecule has 6 nitrogen and oxygen atoms in total. The first-order valence-corrected chi connectivity index (χ1v) is 9.40. The zero-order valence-electron chi connectivity index (χ0n) is 15.0. The van der Waals surface area contributed by atoms with Gasteiger partial charge in [0, 0.05) is 51.3 Å². The van der Waals surface area contributed by atoms with Crippen LogP contribution in [0.3, 0.4) is 0 Å². The predicted molar refractivity (Wildman–Crippen MR) is 102 cm³/mol. The highest BCUT2D eigenvalue weighted by Crippen LogP contribution is 2.41. The number of nitrogens with zero attached hydrogens (tertiary/aromatic N) is 5. The molecule has 0 amide bonds. The number of aromatic nitrogens is 4. The molecule has 3 atom stereocenters. The minimum Gasteiger partial charge on any atom is -0.356 e. The average Bonchev–Trinajstić information content (AvgIpc) is 3.35. The molecule has 0 bridgehead atoms. The molecular formula is C20H24N6. The summed E-state index contributed by atoms with van der Waals surface area (Å²) in [4.78, 5) is 21.3. The van der Waals surface area contributed by atoms with E-state index in [0.717, 1.165) is 35.2 Å². The number of hydrogen-bond acceptors (Lipinski definition) is 5. The van der Waals surface area contributed by atoms with Crippen LogP contribution in [0.2, 0.25) is 0 Å². The summed E-state index contributed by atoms with van der Waals surface area (Å²) in [6.07, 6.45) is 9.94. The molecule has 26 heavy (non-hydrogen) atoms. The van der Waals surface area contributed by atoms with Gasteiger partial charge in [-0.1, -0.05) is 6.07 Å². The summed E-state index contributed by atoms with van der Waals surface area (Å²) in [5.74, 6) is 2.64. The number of aromatic amines is 1. The Balaban J connectivity index is 1.26. The number of rotatable bonds is 4. The van der Waals surface area contributed by atoms with Crippen molar-refractivity contribution in [1.29, 1.82) is 0 Å². The maximum absolute atomic E-state index is 4.57. The summed E-state index contributed by atoms with van der Waals surface area (Å²) < 4.78 is 0. The van der Waals surface area contributed by atoms with Gasteiger partial charge in [-0.2, -0.15) is 0 Å². The van der Waals surface area contributed by atoms with Gasteiger partial charge < -0.3 is 9.88 Å². The summed E-state index contributed by atoms with van der Waals surface area (Å²) in [6, 6.07) is 6.85. The molecule has 0 radical (unpaired) electrons. The van der Waals surface area contributed by atoms with E-state index in [1.54, 1.807) is 6.33 Å². The lowest BCUT2D eigenvalue weighted by atomic mass is 10.0. The van der Waals surface area contributed by atoms with Gasteiger partial charge in [0.05, 0.1) is 5.39 Å². The lowest BCUT2D eigenvalue weighted by Crippen LogP contribution is -2.32. The molecule has 0 spiro atoms. The molecule has 6 heteroatoms. The number of anilines is 1. The Kier molecular flexibility index (Phi) is 3.85. The molecule has 1 saturated carbocycles. The fourth-order valence-corrected chi connectivity index (χ4v) is 4.87. The molecule has 2 aliphatic rings. The Morgan fingerprint density at radius 1 is 1.19 bits per heavy atom. The van der Waals surface area contributed by atoms with Crippen LogP contribution in [0.25, 0.3) is 11.0 Å². The van der Waals surface area contributed by atoms with Crippen molar-refractivity contribution in [3.05, 3.63) is 48.7 Å². The van der Waals surface area contributed by atoms with E-state index < -0.39 is 0 Å². The van der Waals surface area contributed by atoms with E-state index in [2.05, 4.69) is 48.9 Å². The maximum atomic E-state index is 4.57. The van der Waals surface area contributed by atoms with Crippen molar-refractivity contribution in [3.8, 4) is 0 Å². The number of hydrogen-bond donors (Lipinski definition) is 1. The third-order valence-electron chi connectivity index (χ3n) is 6.15. The van der Waals surface area contributed by atoms with Crippen LogP contribution in [0.4, 0.5) is 5.82 Å². The average molecular weight is 348 g/mol. The second-order valence-electron chi connectivity index (χ2n) is 7.75. The van der Waals surface area contributed by atoms with Gasteiger partial charge in [-0.3, -0.25) is 9.88 Å². The first-order chi connectivity index (χ1) is 12.8. The smallest absolute Gasteiger partial charge is 0.142 e. The molecule has 3 aromatic rings. The highest BCUT2D eigenvalue weighted by atomic mass is 15.2. The molecule has 1 N–H and O–H groups in total. The van der Waals surface area contributed by atoms with Gasteiger partial charge in [0.15, 0.2) is 0 Å². The van der Waals surface area contributed by atoms with Gasteiger partial charge >= 0.3 is 0 Å². The van der Waals surface area contributed by atoms with Gasteiger partial charge in [0.2, 0.25) is 0 Å². The van der Waals surface area contributed by atoms with Crippen molar-refractivity contribution in [2.75, 3.05) is 25.0 Å². The number of nitrogens with one attached hydrogen (secondary N) is 1. The minimum atomic E-state index is 0.568. The standard InChI is InChI=1S/C20H24N6/c1-25(20-18-4-6-22-19(18)23-13-24-20)17-7-15-11-26(12-16(15)8-17)10-14-3-2-5-21-9-14/h2-6,9,13,15-17H,7-8,10-12H2,1H3,(H,22,23,24)/t15-,16+,17+. The maximum Gasteiger partial charge on any atom is 0.142 e. The molecule has 3 aromatic heterocycles. The highest BCUT2D eigenvalue weighted by molar-refractivity contribution is 5.87. The largest absolute Gasteiger partial charge is 0.356 e. The van der Waals surface area contributed by atoms with Crippen LogP contribution in [-0.4, -0.2) is 51.0 Å². The summed E-state index contributed by atoms with van der Waals surface area (Å²) in [5, 5.41) is 1.12. The van der Waals surface area contributed by atoms with Gasteiger partial charge in [-0.05, 0) is 42.4 Å². The monoisotopic (exact) mass is 348 g/mol. The predicted octanol–water partition coefficient (Wildman–Crippen LogP) is 2.70. The van der Waals surface area contributed by atoms with E-state index in [0.29, 0.717) is 6.04 Å². The number of H-pyrrole nitrogens is 1. The van der Waals surface area contributed by atoms with Gasteiger partial charge in [0.25, 0.3) is 0 Å². The van der Waals surface area contributed by atoms with Crippen LogP contribution < -0.4 is 4.90 Å². The third kappa shape index (κ3) is 2.74. The SMILES string of the molecule is CN(c1ncnc2[nH]ccc12)[C@H]1C[C@@H]2CN(Cc3cccnc3)C[C@@H]2C1. The number of pyridine rings is 1. The molecule has 5 rings (SSSR count). The molecule has 1 saturated heterocycles. The molecule has 2 fully saturated rings. The number of fused-ring (bicyclic) bond motifs is 2. The summed E-state index contributed by atoms with van der Waals surface area (Å²) >= 11 is 0. The zero-order valence-corrected chi connectivity index (χ0v) is 15.0. The summed E-state index contributed by atoms with van der Waals surface area (Å²) in [5.41, 5.74) is 2.24. The molecular weight excluding hydrogens is 324 g/mol.